The van der Waals surface area contributed by atoms with Crippen molar-refractivity contribution in [2.24, 2.45) is 5.73 Å². The summed E-state index contributed by atoms with van der Waals surface area (Å²) in [5, 5.41) is 0.719. The van der Waals surface area contributed by atoms with E-state index in [-0.39, 0.29) is 0 Å². The van der Waals surface area contributed by atoms with Crippen molar-refractivity contribution in [3.8, 4) is 0 Å². The molecule has 0 fully saturated rings. The molecule has 0 aliphatic carbocycles. The van der Waals surface area contributed by atoms with Crippen LogP contribution in [0.3, 0.4) is 0 Å². The van der Waals surface area contributed by atoms with Crippen LogP contribution in [0.5, 0.6) is 0 Å². The number of nitrogens with two attached hydrogens (primary N) is 1. The third kappa shape index (κ3) is 6.91. The third-order valence-corrected chi connectivity index (χ3v) is 2.96. The molecule has 1 rings (SSSR count). The quantitative estimate of drug-likeness (QED) is 0.515. The van der Waals surface area contributed by atoms with E-state index < -0.39 is 0 Å². The number of hydroxylamine groups is 1. The van der Waals surface area contributed by atoms with E-state index in [1.807, 2.05) is 24.3 Å². The fourth-order valence-corrected chi connectivity index (χ4v) is 1.80. The van der Waals surface area contributed by atoms with Crippen molar-refractivity contribution in [2.75, 3.05) is 26.9 Å². The monoisotopic (exact) mass is 298 g/mol. The first kappa shape index (κ1) is 17.0. The molecule has 0 spiro atoms. The van der Waals surface area contributed by atoms with Gasteiger partial charge in [0.05, 0.1) is 12.3 Å². The zero-order valence-electron chi connectivity index (χ0n) is 11.9. The number of rotatable bonds is 10. The Bertz CT molecular complexity index is 393. The average Bonchev–Trinajstić information content (AvgIpc) is 2.46. The van der Waals surface area contributed by atoms with Gasteiger partial charge < -0.3 is 10.5 Å². The minimum atomic E-state index is 0.467. The minimum Gasteiger partial charge on any atom is -0.385 e. The summed E-state index contributed by atoms with van der Waals surface area (Å²) in [5.74, 6) is 0. The topological polar surface area (TPSA) is 56.5 Å². The maximum absolute atomic E-state index is 5.90. The molecule has 0 radical (unpaired) electrons. The van der Waals surface area contributed by atoms with Crippen molar-refractivity contribution < 1.29 is 9.57 Å². The number of benzene rings is 1. The summed E-state index contributed by atoms with van der Waals surface area (Å²) in [6.07, 6.45) is 5.20. The number of unbranched alkanes of at least 4 members (excludes halogenated alkanes) is 2. The highest BCUT2D eigenvalue weighted by Gasteiger charge is 2.01. The van der Waals surface area contributed by atoms with Crippen LogP contribution in [0.4, 0.5) is 0 Å². The molecule has 0 aliphatic rings. The lowest BCUT2D eigenvalue weighted by Gasteiger charge is -2.11. The summed E-state index contributed by atoms with van der Waals surface area (Å²) in [6, 6.07) is 7.64. The molecule has 3 N–H and O–H groups in total. The van der Waals surface area contributed by atoms with Gasteiger partial charge in [0.2, 0.25) is 0 Å². The molecule has 0 atom stereocenters. The molecule has 1 aromatic rings. The molecule has 5 heteroatoms. The highest BCUT2D eigenvalue weighted by Crippen LogP contribution is 2.17. The number of hydrogen-bond acceptors (Lipinski definition) is 4. The molecular weight excluding hydrogens is 276 g/mol. The van der Waals surface area contributed by atoms with Gasteiger partial charge in [0.25, 0.3) is 0 Å². The van der Waals surface area contributed by atoms with Gasteiger partial charge in [0, 0.05) is 25.3 Å². The lowest BCUT2D eigenvalue weighted by Crippen LogP contribution is -2.18. The summed E-state index contributed by atoms with van der Waals surface area (Å²) >= 11 is 5.90. The molecule has 112 valence electrons. The molecule has 0 aliphatic heterocycles. The van der Waals surface area contributed by atoms with E-state index in [2.05, 4.69) is 11.6 Å². The van der Waals surface area contributed by atoms with Gasteiger partial charge in [-0.25, -0.2) is 0 Å². The first-order chi connectivity index (χ1) is 9.77. The van der Waals surface area contributed by atoms with Crippen LogP contribution in [0.15, 0.2) is 30.3 Å². The summed E-state index contributed by atoms with van der Waals surface area (Å²) in [4.78, 5) is 5.31. The van der Waals surface area contributed by atoms with E-state index in [0.717, 1.165) is 42.2 Å². The lowest BCUT2D eigenvalue weighted by molar-refractivity contribution is 0.0847. The van der Waals surface area contributed by atoms with Crippen LogP contribution in [-0.2, 0) is 9.57 Å². The molecular formula is C15H23ClN2O2. The predicted molar refractivity (Wildman–Crippen MR) is 83.3 cm³/mol. The van der Waals surface area contributed by atoms with E-state index >= 15 is 0 Å². The van der Waals surface area contributed by atoms with Crippen molar-refractivity contribution in [3.63, 3.8) is 0 Å². The van der Waals surface area contributed by atoms with Gasteiger partial charge in [0.15, 0.2) is 0 Å². The number of ether oxygens (including phenoxy) is 1. The summed E-state index contributed by atoms with van der Waals surface area (Å²) in [6.45, 7) is 1.74. The van der Waals surface area contributed by atoms with Gasteiger partial charge in [-0.3, -0.25) is 10.3 Å². The molecule has 4 nitrogen and oxygen atoms in total. The van der Waals surface area contributed by atoms with Crippen LogP contribution in [0.2, 0.25) is 5.02 Å². The predicted octanol–water partition coefficient (Wildman–Crippen LogP) is 2.98. The smallest absolute Gasteiger partial charge is 0.0868 e. The van der Waals surface area contributed by atoms with Crippen molar-refractivity contribution >= 4 is 17.3 Å². The Morgan fingerprint density at radius 3 is 2.65 bits per heavy atom. The molecule has 0 saturated heterocycles. The average molecular weight is 299 g/mol. The first-order valence-corrected chi connectivity index (χ1v) is 7.18. The van der Waals surface area contributed by atoms with E-state index in [0.29, 0.717) is 13.2 Å². The van der Waals surface area contributed by atoms with Gasteiger partial charge in [0.1, 0.15) is 0 Å². The van der Waals surface area contributed by atoms with Crippen molar-refractivity contribution in [2.45, 2.75) is 19.3 Å². The zero-order chi connectivity index (χ0) is 14.6. The minimum absolute atomic E-state index is 0.467. The Morgan fingerprint density at radius 1 is 1.25 bits per heavy atom. The molecule has 20 heavy (non-hydrogen) atoms. The summed E-state index contributed by atoms with van der Waals surface area (Å²) < 4.78 is 5.04. The largest absolute Gasteiger partial charge is 0.385 e. The second-order valence-corrected chi connectivity index (χ2v) is 4.79. The third-order valence-electron chi connectivity index (χ3n) is 2.71. The van der Waals surface area contributed by atoms with Crippen LogP contribution in [0.25, 0.3) is 5.70 Å². The Hall–Kier alpha value is -1.07. The van der Waals surface area contributed by atoms with Gasteiger partial charge in [-0.15, -0.1) is 0 Å². The first-order valence-electron chi connectivity index (χ1n) is 6.81. The van der Waals surface area contributed by atoms with Crippen molar-refractivity contribution in [1.82, 2.24) is 5.48 Å². The fourth-order valence-electron chi connectivity index (χ4n) is 1.67. The summed E-state index contributed by atoms with van der Waals surface area (Å²) in [7, 11) is 1.72. The zero-order valence-corrected chi connectivity index (χ0v) is 12.7. The molecule has 0 unspecified atom stereocenters. The molecule has 0 amide bonds. The second-order valence-electron chi connectivity index (χ2n) is 4.35. The van der Waals surface area contributed by atoms with Crippen LogP contribution in [-0.4, -0.2) is 26.9 Å². The Morgan fingerprint density at radius 2 is 2.00 bits per heavy atom. The van der Waals surface area contributed by atoms with E-state index in [4.69, 9.17) is 26.9 Å². The van der Waals surface area contributed by atoms with E-state index in [1.165, 1.54) is 0 Å². The molecule has 0 heterocycles. The summed E-state index contributed by atoms with van der Waals surface area (Å²) in [5.41, 5.74) is 10.3. The molecule has 0 bridgehead atoms. The highest BCUT2D eigenvalue weighted by atomic mass is 35.5. The van der Waals surface area contributed by atoms with E-state index in [1.54, 1.807) is 7.11 Å². The maximum Gasteiger partial charge on any atom is 0.0868 e. The van der Waals surface area contributed by atoms with Crippen LogP contribution in [0.1, 0.15) is 24.8 Å². The van der Waals surface area contributed by atoms with Gasteiger partial charge in [-0.1, -0.05) is 29.8 Å². The lowest BCUT2D eigenvalue weighted by atomic mass is 10.1. The van der Waals surface area contributed by atoms with Gasteiger partial charge in [-0.05, 0) is 37.0 Å². The van der Waals surface area contributed by atoms with Gasteiger partial charge >= 0.3 is 0 Å². The number of halogens is 1. The Balaban J connectivity index is 2.59. The van der Waals surface area contributed by atoms with E-state index in [9.17, 15) is 0 Å². The van der Waals surface area contributed by atoms with Crippen LogP contribution in [0, 0.1) is 0 Å². The van der Waals surface area contributed by atoms with Crippen molar-refractivity contribution in [3.05, 3.63) is 40.9 Å². The van der Waals surface area contributed by atoms with Crippen molar-refractivity contribution in [1.29, 1.82) is 0 Å². The number of nitrogens with one attached hydrogen (secondary N) is 1. The fraction of sp³-hybridized carbons (Fsp3) is 0.467. The van der Waals surface area contributed by atoms with Gasteiger partial charge in [-0.2, -0.15) is 0 Å². The SMILES string of the molecule is COCCCCC=C(NOCCN)c1ccc(Cl)cc1. The Kier molecular flexibility index (Phi) is 9.07. The second kappa shape index (κ2) is 10.7. The number of methoxy groups -OCH3 is 1. The normalized spacial score (nSPS) is 11.7. The molecule has 1 aromatic carbocycles. The molecule has 0 aromatic heterocycles. The standard InChI is InChI=1S/C15H23ClN2O2/c1-19-11-4-2-3-5-15(18-20-12-10-17)13-6-8-14(16)9-7-13/h5-9,18H,2-4,10-12,17H2,1H3. The Labute approximate surface area is 125 Å². The highest BCUT2D eigenvalue weighted by molar-refractivity contribution is 6.30. The molecule has 0 saturated carbocycles. The maximum atomic E-state index is 5.90. The van der Waals surface area contributed by atoms with Crippen LogP contribution < -0.4 is 11.2 Å². The number of allylic oxidation sites excluding steroid dienone is 1. The van der Waals surface area contributed by atoms with Crippen LogP contribution >= 0.6 is 11.6 Å². The number of hydrogen-bond donors (Lipinski definition) is 2.